The third kappa shape index (κ3) is 5.27. The highest BCUT2D eigenvalue weighted by molar-refractivity contribution is 7.93. The molecule has 142 valence electrons. The molecule has 0 N–H and O–H groups in total. The predicted octanol–water partition coefficient (Wildman–Crippen LogP) is 3.30. The fraction of sp³-hybridized carbons (Fsp3) is 0.250. The Balaban J connectivity index is 2.45. The van der Waals surface area contributed by atoms with Gasteiger partial charge in [-0.05, 0) is 23.3 Å². The third-order valence-electron chi connectivity index (χ3n) is 3.22. The highest BCUT2D eigenvalue weighted by Gasteiger charge is 2.06. The van der Waals surface area contributed by atoms with Gasteiger partial charge in [0.15, 0.2) is 0 Å². The third-order valence-corrected chi connectivity index (χ3v) is 4.28. The minimum atomic E-state index is -3.57. The van der Waals surface area contributed by atoms with Crippen LogP contribution in [0.3, 0.4) is 0 Å². The molecule has 0 unspecified atom stereocenters. The van der Waals surface area contributed by atoms with Crippen LogP contribution in [-0.4, -0.2) is 43.6 Å². The van der Waals surface area contributed by atoms with Gasteiger partial charge in [-0.3, -0.25) is 0 Å². The number of methoxy groups -OCH3 is 2. The molecular weight excluding hydrogens is 380 g/mol. The molecule has 0 bridgehead atoms. The Bertz CT molecular complexity index is 934. The highest BCUT2D eigenvalue weighted by Crippen LogP contribution is 2.40. The Labute approximate surface area is 153 Å². The summed E-state index contributed by atoms with van der Waals surface area (Å²) in [7, 11) is -4.31. The molecule has 2 aromatic carbocycles. The van der Waals surface area contributed by atoms with Gasteiger partial charge < -0.3 is 18.9 Å². The van der Waals surface area contributed by atoms with Crippen molar-refractivity contribution in [2.45, 2.75) is 0 Å². The Morgan fingerprint density at radius 1 is 0.692 bits per heavy atom. The molecule has 0 aliphatic carbocycles. The minimum absolute atomic E-state index is 0.189. The monoisotopic (exact) mass is 398 g/mol. The Hall–Kier alpha value is -2.46. The maximum atomic E-state index is 11.4. The average Bonchev–Trinajstić information content (AvgIpc) is 2.53. The molecule has 2 aromatic rings. The first-order valence-electron chi connectivity index (χ1n) is 7.25. The van der Waals surface area contributed by atoms with E-state index in [-0.39, 0.29) is 22.9 Å². The molecule has 2 rings (SSSR count). The van der Waals surface area contributed by atoms with Gasteiger partial charge in [0.25, 0.3) is 0 Å². The summed E-state index contributed by atoms with van der Waals surface area (Å²) in [4.78, 5) is 0. The zero-order chi connectivity index (χ0) is 19.5. The standard InChI is InChI=1S/C16H18N2O6S2/c1-23-15-9-11(5-7-13(15)17-25(3,19)20)12-6-8-14(16(10-12)24-2)18-26(4,21)22/h5-10H,1-4H3/q-2. The first-order chi connectivity index (χ1) is 12.0. The van der Waals surface area contributed by atoms with E-state index in [2.05, 4.69) is 9.44 Å². The van der Waals surface area contributed by atoms with Crippen molar-refractivity contribution >= 4 is 31.4 Å². The van der Waals surface area contributed by atoms with Gasteiger partial charge in [-0.1, -0.05) is 35.6 Å². The fourth-order valence-corrected chi connectivity index (χ4v) is 3.24. The molecule has 0 fully saturated rings. The van der Waals surface area contributed by atoms with Gasteiger partial charge in [0.05, 0.1) is 34.3 Å². The first kappa shape index (κ1) is 19.9. The molecule has 10 heteroatoms. The molecule has 26 heavy (non-hydrogen) atoms. The van der Waals surface area contributed by atoms with Crippen LogP contribution in [0.5, 0.6) is 11.5 Å². The number of nitrogens with zero attached hydrogens (tertiary/aromatic N) is 2. The normalized spacial score (nSPS) is 11.7. The second-order valence-electron chi connectivity index (χ2n) is 5.42. The van der Waals surface area contributed by atoms with Crippen LogP contribution in [0.1, 0.15) is 0 Å². The van der Waals surface area contributed by atoms with Crippen molar-refractivity contribution in [2.75, 3.05) is 26.7 Å². The highest BCUT2D eigenvalue weighted by atomic mass is 32.2. The summed E-state index contributed by atoms with van der Waals surface area (Å²) in [6.07, 6.45) is 1.99. The number of ether oxygens (including phenoxy) is 2. The maximum Gasteiger partial charge on any atom is 0.105 e. The van der Waals surface area contributed by atoms with Crippen molar-refractivity contribution in [2.24, 2.45) is 0 Å². The van der Waals surface area contributed by atoms with Gasteiger partial charge >= 0.3 is 0 Å². The summed E-state index contributed by atoms with van der Waals surface area (Å²) < 4.78 is 63.1. The molecule has 0 aromatic heterocycles. The molecule has 0 saturated carbocycles. The molecule has 0 aliphatic rings. The van der Waals surface area contributed by atoms with E-state index in [0.717, 1.165) is 12.5 Å². The van der Waals surface area contributed by atoms with E-state index in [1.807, 2.05) is 0 Å². The van der Waals surface area contributed by atoms with E-state index in [0.29, 0.717) is 11.1 Å². The Morgan fingerprint density at radius 3 is 1.31 bits per heavy atom. The van der Waals surface area contributed by atoms with Crippen molar-refractivity contribution < 1.29 is 26.3 Å². The molecule has 0 spiro atoms. The Kier molecular flexibility index (Phi) is 5.67. The lowest BCUT2D eigenvalue weighted by Crippen LogP contribution is -1.94. The summed E-state index contributed by atoms with van der Waals surface area (Å²) in [5.41, 5.74) is 1.79. The summed E-state index contributed by atoms with van der Waals surface area (Å²) in [6.45, 7) is 0. The predicted molar refractivity (Wildman–Crippen MR) is 101 cm³/mol. The molecule has 0 heterocycles. The van der Waals surface area contributed by atoms with Crippen LogP contribution in [-0.2, 0) is 20.0 Å². The van der Waals surface area contributed by atoms with Gasteiger partial charge in [-0.2, -0.15) is 0 Å². The molecule has 0 radical (unpaired) electrons. The van der Waals surface area contributed by atoms with E-state index in [1.54, 1.807) is 24.3 Å². The number of hydrogen-bond donors (Lipinski definition) is 0. The van der Waals surface area contributed by atoms with Crippen molar-refractivity contribution in [3.63, 3.8) is 0 Å². The number of hydrogen-bond acceptors (Lipinski definition) is 6. The minimum Gasteiger partial charge on any atom is -0.574 e. The topological polar surface area (TPSA) is 115 Å². The van der Waals surface area contributed by atoms with Gasteiger partial charge in [-0.25, -0.2) is 16.8 Å². The van der Waals surface area contributed by atoms with Gasteiger partial charge in [0.2, 0.25) is 0 Å². The largest absolute Gasteiger partial charge is 0.574 e. The van der Waals surface area contributed by atoms with Crippen LogP contribution < -0.4 is 9.47 Å². The molecule has 0 saturated heterocycles. The van der Waals surface area contributed by atoms with Crippen molar-refractivity contribution in [1.29, 1.82) is 0 Å². The SMILES string of the molecule is COc1cc(-c2ccc([N-]S(C)(=O)=O)c(OC)c2)ccc1[N-]S(C)(=O)=O. The van der Waals surface area contributed by atoms with Crippen LogP contribution >= 0.6 is 0 Å². The van der Waals surface area contributed by atoms with Crippen LogP contribution in [0.2, 0.25) is 0 Å². The van der Waals surface area contributed by atoms with Crippen LogP contribution in [0.25, 0.3) is 20.6 Å². The fourth-order valence-electron chi connectivity index (χ4n) is 2.22. The van der Waals surface area contributed by atoms with Crippen LogP contribution in [0.4, 0.5) is 11.4 Å². The number of benzene rings is 2. The van der Waals surface area contributed by atoms with E-state index in [1.165, 1.54) is 26.4 Å². The van der Waals surface area contributed by atoms with Crippen molar-refractivity contribution in [3.05, 3.63) is 45.8 Å². The van der Waals surface area contributed by atoms with E-state index < -0.39 is 20.0 Å². The second-order valence-corrected chi connectivity index (χ2v) is 8.72. The Morgan fingerprint density at radius 2 is 1.04 bits per heavy atom. The smallest absolute Gasteiger partial charge is 0.105 e. The van der Waals surface area contributed by atoms with Gasteiger partial charge in [0, 0.05) is 12.5 Å². The molecule has 0 atom stereocenters. The lowest BCUT2D eigenvalue weighted by atomic mass is 10.0. The summed E-state index contributed by atoms with van der Waals surface area (Å²) in [6, 6.07) is 9.66. The summed E-state index contributed by atoms with van der Waals surface area (Å²) in [5.74, 6) is 0.577. The van der Waals surface area contributed by atoms with E-state index in [9.17, 15) is 16.8 Å². The summed E-state index contributed by atoms with van der Waals surface area (Å²) in [5, 5.41) is 0. The van der Waals surface area contributed by atoms with Crippen LogP contribution in [0.15, 0.2) is 36.4 Å². The number of rotatable bonds is 7. The second kappa shape index (κ2) is 7.42. The molecule has 0 amide bonds. The summed E-state index contributed by atoms with van der Waals surface area (Å²) >= 11 is 0. The lowest BCUT2D eigenvalue weighted by Gasteiger charge is -2.24. The van der Waals surface area contributed by atoms with Gasteiger partial charge in [-0.15, -0.1) is 0 Å². The van der Waals surface area contributed by atoms with Crippen molar-refractivity contribution in [1.82, 2.24) is 0 Å². The molecule has 8 nitrogen and oxygen atoms in total. The quantitative estimate of drug-likeness (QED) is 0.707. The average molecular weight is 398 g/mol. The zero-order valence-corrected chi connectivity index (χ0v) is 16.3. The first-order valence-corrected chi connectivity index (χ1v) is 10.9. The van der Waals surface area contributed by atoms with Crippen molar-refractivity contribution in [3.8, 4) is 22.6 Å². The van der Waals surface area contributed by atoms with Gasteiger partial charge in [0.1, 0.15) is 11.5 Å². The number of sulfonamides is 2. The maximum absolute atomic E-state index is 11.4. The zero-order valence-electron chi connectivity index (χ0n) is 14.6. The molecular formula is C16H18N2O6S2-2. The lowest BCUT2D eigenvalue weighted by molar-refractivity contribution is 0.416. The van der Waals surface area contributed by atoms with E-state index in [4.69, 9.17) is 9.47 Å². The van der Waals surface area contributed by atoms with Crippen LogP contribution in [0, 0.1) is 0 Å². The van der Waals surface area contributed by atoms with E-state index >= 15 is 0 Å². The molecule has 0 aliphatic heterocycles.